The number of aromatic nitrogens is 2. The average molecular weight is 381 g/mol. The van der Waals surface area contributed by atoms with Crippen molar-refractivity contribution in [3.05, 3.63) is 52.3 Å². The number of hydrogen-bond acceptors (Lipinski definition) is 3. The average Bonchev–Trinajstić information content (AvgIpc) is 3.18. The molecule has 7 heteroatoms. The number of piperidine rings is 1. The zero-order valence-corrected chi connectivity index (χ0v) is 15.7. The topological polar surface area (TPSA) is 50.2 Å². The van der Waals surface area contributed by atoms with Gasteiger partial charge >= 0.3 is 0 Å². The maximum atomic E-state index is 13.5. The zero-order chi connectivity index (χ0) is 17.9. The minimum Gasteiger partial charge on any atom is -0.337 e. The number of likely N-dealkylation sites (N-methyl/N-ethyl adjacent to an activating group) is 1. The number of hydrogen-bond donors (Lipinski definition) is 1. The number of amides is 1. The fraction of sp³-hybridized carbons (Fsp3) is 0.444. The van der Waals surface area contributed by atoms with Gasteiger partial charge < -0.3 is 10.2 Å². The van der Waals surface area contributed by atoms with Crippen LogP contribution >= 0.6 is 23.2 Å². The van der Waals surface area contributed by atoms with Crippen LogP contribution in [0.5, 0.6) is 0 Å². The molecule has 2 heterocycles. The molecule has 1 fully saturated rings. The molecule has 1 amide bonds. The van der Waals surface area contributed by atoms with Crippen LogP contribution in [0.2, 0.25) is 10.0 Å². The van der Waals surface area contributed by atoms with E-state index in [4.69, 9.17) is 23.2 Å². The summed E-state index contributed by atoms with van der Waals surface area (Å²) >= 11 is 12.1. The summed E-state index contributed by atoms with van der Waals surface area (Å²) < 4.78 is 1.83. The molecule has 2 aromatic rings. The van der Waals surface area contributed by atoms with Crippen LogP contribution < -0.4 is 5.32 Å². The van der Waals surface area contributed by atoms with E-state index in [0.29, 0.717) is 23.1 Å². The van der Waals surface area contributed by atoms with Gasteiger partial charge in [0, 0.05) is 25.5 Å². The van der Waals surface area contributed by atoms with Gasteiger partial charge in [0.15, 0.2) is 0 Å². The van der Waals surface area contributed by atoms with Gasteiger partial charge in [-0.05, 0) is 56.6 Å². The van der Waals surface area contributed by atoms with Crippen molar-refractivity contribution in [2.75, 3.05) is 19.6 Å². The van der Waals surface area contributed by atoms with Gasteiger partial charge in [0.1, 0.15) is 5.54 Å². The van der Waals surface area contributed by atoms with Crippen molar-refractivity contribution in [3.63, 3.8) is 0 Å². The highest BCUT2D eigenvalue weighted by Crippen LogP contribution is 2.30. The van der Waals surface area contributed by atoms with Crippen LogP contribution in [-0.4, -0.2) is 40.2 Å². The number of carbonyl (C=O) groups is 1. The zero-order valence-electron chi connectivity index (χ0n) is 14.2. The molecule has 3 rings (SSSR count). The van der Waals surface area contributed by atoms with Gasteiger partial charge in [-0.2, -0.15) is 5.10 Å². The summed E-state index contributed by atoms with van der Waals surface area (Å²) in [7, 11) is 0. The molecule has 1 saturated heterocycles. The Balaban J connectivity index is 1.87. The van der Waals surface area contributed by atoms with Gasteiger partial charge in [-0.15, -0.1) is 0 Å². The molecule has 1 aromatic heterocycles. The first-order valence-corrected chi connectivity index (χ1v) is 9.26. The minimum atomic E-state index is -0.624. The molecule has 1 N–H and O–H groups in total. The van der Waals surface area contributed by atoms with Crippen LogP contribution in [0.1, 0.15) is 25.3 Å². The molecular weight excluding hydrogens is 359 g/mol. The SMILES string of the molecule is CCN(Cc1ccc(Cl)c(Cl)c1)C(=O)C1(n2cccn2)CCNCC1. The molecule has 0 bridgehead atoms. The van der Waals surface area contributed by atoms with Crippen molar-refractivity contribution in [1.29, 1.82) is 0 Å². The molecular formula is C18H22Cl2N4O. The Hall–Kier alpha value is -1.56. The quantitative estimate of drug-likeness (QED) is 0.865. The normalized spacial score (nSPS) is 16.6. The summed E-state index contributed by atoms with van der Waals surface area (Å²) in [6.07, 6.45) is 5.07. The van der Waals surface area contributed by atoms with E-state index >= 15 is 0 Å². The van der Waals surface area contributed by atoms with E-state index in [-0.39, 0.29) is 5.91 Å². The van der Waals surface area contributed by atoms with Crippen LogP contribution in [-0.2, 0) is 16.9 Å². The summed E-state index contributed by atoms with van der Waals surface area (Å²) in [5.41, 5.74) is 0.343. The smallest absolute Gasteiger partial charge is 0.250 e. The largest absolute Gasteiger partial charge is 0.337 e. The van der Waals surface area contributed by atoms with Crippen LogP contribution in [0.25, 0.3) is 0 Å². The molecule has 134 valence electrons. The molecule has 5 nitrogen and oxygen atoms in total. The van der Waals surface area contributed by atoms with E-state index in [0.717, 1.165) is 31.5 Å². The molecule has 0 spiro atoms. The van der Waals surface area contributed by atoms with E-state index in [9.17, 15) is 4.79 Å². The van der Waals surface area contributed by atoms with Crippen molar-refractivity contribution in [3.8, 4) is 0 Å². The third-order valence-electron chi connectivity index (χ3n) is 4.80. The van der Waals surface area contributed by atoms with Gasteiger partial charge in [-0.3, -0.25) is 9.48 Å². The van der Waals surface area contributed by atoms with Gasteiger partial charge in [0.25, 0.3) is 5.91 Å². The lowest BCUT2D eigenvalue weighted by Crippen LogP contribution is -2.55. The molecule has 25 heavy (non-hydrogen) atoms. The van der Waals surface area contributed by atoms with E-state index in [1.165, 1.54) is 0 Å². The van der Waals surface area contributed by atoms with Crippen LogP contribution in [0.3, 0.4) is 0 Å². The number of benzene rings is 1. The summed E-state index contributed by atoms with van der Waals surface area (Å²) in [6, 6.07) is 7.37. The van der Waals surface area contributed by atoms with Crippen molar-refractivity contribution in [2.24, 2.45) is 0 Å². The highest BCUT2D eigenvalue weighted by molar-refractivity contribution is 6.42. The maximum Gasteiger partial charge on any atom is 0.250 e. The third kappa shape index (κ3) is 3.68. The fourth-order valence-corrected chi connectivity index (χ4v) is 3.70. The van der Waals surface area contributed by atoms with Crippen molar-refractivity contribution < 1.29 is 4.79 Å². The predicted octanol–water partition coefficient (Wildman–Crippen LogP) is 3.32. The number of carbonyl (C=O) groups excluding carboxylic acids is 1. The van der Waals surface area contributed by atoms with E-state index < -0.39 is 5.54 Å². The van der Waals surface area contributed by atoms with Crippen LogP contribution in [0.4, 0.5) is 0 Å². The summed E-state index contributed by atoms with van der Waals surface area (Å²) in [6.45, 7) is 4.72. The molecule has 0 atom stereocenters. The molecule has 1 aromatic carbocycles. The first kappa shape index (κ1) is 18.2. The van der Waals surface area contributed by atoms with Crippen LogP contribution in [0, 0.1) is 0 Å². The Morgan fingerprint density at radius 1 is 1.32 bits per heavy atom. The monoisotopic (exact) mass is 380 g/mol. The Bertz CT molecular complexity index is 727. The molecule has 1 aliphatic rings. The van der Waals surface area contributed by atoms with Gasteiger partial charge in [-0.1, -0.05) is 29.3 Å². The minimum absolute atomic E-state index is 0.103. The predicted molar refractivity (Wildman–Crippen MR) is 99.9 cm³/mol. The fourth-order valence-electron chi connectivity index (χ4n) is 3.38. The number of nitrogens with one attached hydrogen (secondary N) is 1. The molecule has 1 aliphatic heterocycles. The van der Waals surface area contributed by atoms with E-state index in [2.05, 4.69) is 10.4 Å². The molecule has 0 saturated carbocycles. The first-order valence-electron chi connectivity index (χ1n) is 8.51. The lowest BCUT2D eigenvalue weighted by molar-refractivity contribution is -0.143. The Labute approximate surface area is 157 Å². The highest BCUT2D eigenvalue weighted by atomic mass is 35.5. The highest BCUT2D eigenvalue weighted by Gasteiger charge is 2.44. The van der Waals surface area contributed by atoms with Crippen molar-refractivity contribution in [2.45, 2.75) is 31.8 Å². The number of halogens is 2. The number of nitrogens with zero attached hydrogens (tertiary/aromatic N) is 3. The van der Waals surface area contributed by atoms with Gasteiger partial charge in [0.05, 0.1) is 10.0 Å². The van der Waals surface area contributed by atoms with Crippen LogP contribution in [0.15, 0.2) is 36.7 Å². The van der Waals surface area contributed by atoms with Gasteiger partial charge in [-0.25, -0.2) is 0 Å². The Kier molecular flexibility index (Phi) is 5.67. The summed E-state index contributed by atoms with van der Waals surface area (Å²) in [4.78, 5) is 15.4. The molecule has 0 unspecified atom stereocenters. The molecule has 0 radical (unpaired) electrons. The summed E-state index contributed by atoms with van der Waals surface area (Å²) in [5.74, 6) is 0.103. The second-order valence-electron chi connectivity index (χ2n) is 6.30. The van der Waals surface area contributed by atoms with Crippen molar-refractivity contribution >= 4 is 29.1 Å². The second-order valence-corrected chi connectivity index (χ2v) is 7.11. The van der Waals surface area contributed by atoms with Gasteiger partial charge in [0.2, 0.25) is 0 Å². The third-order valence-corrected chi connectivity index (χ3v) is 5.54. The Morgan fingerprint density at radius 2 is 2.08 bits per heavy atom. The molecule has 0 aliphatic carbocycles. The lowest BCUT2D eigenvalue weighted by Gasteiger charge is -2.40. The number of rotatable bonds is 5. The first-order chi connectivity index (χ1) is 12.1. The van der Waals surface area contributed by atoms with E-state index in [1.807, 2.05) is 40.9 Å². The second kappa shape index (κ2) is 7.77. The lowest BCUT2D eigenvalue weighted by atomic mass is 9.86. The summed E-state index contributed by atoms with van der Waals surface area (Å²) in [5, 5.41) is 8.74. The maximum absolute atomic E-state index is 13.5. The Morgan fingerprint density at radius 3 is 2.68 bits per heavy atom. The van der Waals surface area contributed by atoms with Crippen molar-refractivity contribution in [1.82, 2.24) is 20.0 Å². The standard InChI is InChI=1S/C18H22Cl2N4O/c1-2-23(13-14-4-5-15(19)16(20)12-14)17(25)18(6-9-21-10-7-18)24-11-3-8-22-24/h3-5,8,11-12,21H,2,6-7,9-10,13H2,1H3. The van der Waals surface area contributed by atoms with E-state index in [1.54, 1.807) is 12.3 Å².